The Bertz CT molecular complexity index is 1340. The van der Waals surface area contributed by atoms with Crippen LogP contribution in [0.15, 0.2) is 90.9 Å². The van der Waals surface area contributed by atoms with Crippen LogP contribution < -0.4 is 20.7 Å². The maximum absolute atomic E-state index is 14.7. The average molecular weight is 511 g/mol. The number of aromatic nitrogens is 1. The lowest BCUT2D eigenvalue weighted by Crippen LogP contribution is -2.13. The fraction of sp³-hybridized carbons (Fsp3) is 0.0385. The van der Waals surface area contributed by atoms with Gasteiger partial charge in [-0.05, 0) is 61.5 Å². The van der Waals surface area contributed by atoms with Crippen LogP contribution in [0.5, 0.6) is 11.5 Å². The first kappa shape index (κ1) is 26.1. The number of pyridine rings is 1. The third-order valence-electron chi connectivity index (χ3n) is 4.74. The van der Waals surface area contributed by atoms with Gasteiger partial charge in [-0.3, -0.25) is 19.5 Å². The quantitative estimate of drug-likeness (QED) is 0.218. The normalized spacial score (nSPS) is 11.9. The molecule has 0 atom stereocenters. The molecule has 0 saturated carbocycles. The van der Waals surface area contributed by atoms with Gasteiger partial charge in [0.25, 0.3) is 5.91 Å². The second kappa shape index (κ2) is 12.3. The minimum Gasteiger partial charge on any atom is -0.452 e. The fourth-order valence-electron chi connectivity index (χ4n) is 2.89. The van der Waals surface area contributed by atoms with Gasteiger partial charge in [0, 0.05) is 41.6 Å². The van der Waals surface area contributed by atoms with Crippen LogP contribution in [0.4, 0.5) is 20.2 Å². The summed E-state index contributed by atoms with van der Waals surface area (Å²) < 4.78 is 33.3. The van der Waals surface area contributed by atoms with Crippen molar-refractivity contribution in [2.75, 3.05) is 10.2 Å². The molecular formula is C26H21ClF2N4O3. The van der Waals surface area contributed by atoms with Crippen LogP contribution in [0.25, 0.3) is 5.03 Å². The number of nitrogens with zero attached hydrogens (tertiary/aromatic N) is 2. The molecule has 2 aromatic carbocycles. The highest BCUT2D eigenvalue weighted by atomic mass is 35.5. The molecule has 0 aliphatic carbocycles. The minimum absolute atomic E-state index is 0.103. The summed E-state index contributed by atoms with van der Waals surface area (Å²) in [4.78, 5) is 29.1. The van der Waals surface area contributed by atoms with E-state index in [1.54, 1.807) is 19.1 Å². The molecular weight excluding hydrogens is 490 g/mol. The number of nitrogens with two attached hydrogens (primary N) is 1. The molecule has 0 aliphatic heterocycles. The Morgan fingerprint density at radius 2 is 1.89 bits per heavy atom. The number of ether oxygens (including phenoxy) is 1. The lowest BCUT2D eigenvalue weighted by molar-refractivity contribution is -0.112. The molecule has 1 heterocycles. The van der Waals surface area contributed by atoms with E-state index in [1.807, 2.05) is 0 Å². The van der Waals surface area contributed by atoms with E-state index < -0.39 is 17.5 Å². The Balaban J connectivity index is 1.67. The molecule has 1 aromatic heterocycles. The van der Waals surface area contributed by atoms with E-state index >= 15 is 0 Å². The molecule has 0 unspecified atom stereocenters. The number of carbonyl (C=O) groups is 2. The number of amides is 2. The number of rotatable bonds is 9. The molecule has 0 saturated heterocycles. The Labute approximate surface area is 211 Å². The topological polar surface area (TPSA) is 97.5 Å². The van der Waals surface area contributed by atoms with Gasteiger partial charge in [0.15, 0.2) is 17.3 Å². The highest BCUT2D eigenvalue weighted by Crippen LogP contribution is 2.32. The second-order valence-electron chi connectivity index (χ2n) is 7.25. The van der Waals surface area contributed by atoms with Crippen molar-refractivity contribution >= 4 is 40.3 Å². The Morgan fingerprint density at radius 3 is 2.56 bits per heavy atom. The van der Waals surface area contributed by atoms with Crippen molar-refractivity contribution in [3.05, 3.63) is 108 Å². The third kappa shape index (κ3) is 6.77. The molecule has 0 fully saturated rings. The molecule has 0 spiro atoms. The summed E-state index contributed by atoms with van der Waals surface area (Å²) in [6.45, 7) is 1.55. The lowest BCUT2D eigenvalue weighted by Gasteiger charge is -2.12. The lowest BCUT2D eigenvalue weighted by atomic mass is 10.2. The monoisotopic (exact) mass is 510 g/mol. The number of carbonyl (C=O) groups excluding carboxylic acids is 2. The molecule has 3 rings (SSSR count). The smallest absolute Gasteiger partial charge is 0.251 e. The van der Waals surface area contributed by atoms with Crippen LogP contribution in [-0.2, 0) is 9.59 Å². The number of anilines is 2. The number of hydrogen-bond acceptors (Lipinski definition) is 5. The van der Waals surface area contributed by atoms with E-state index in [2.05, 4.69) is 10.3 Å². The summed E-state index contributed by atoms with van der Waals surface area (Å²) in [7, 11) is 0. The summed E-state index contributed by atoms with van der Waals surface area (Å²) in [5.41, 5.74) is 6.63. The largest absolute Gasteiger partial charge is 0.452 e. The Morgan fingerprint density at radius 1 is 1.14 bits per heavy atom. The SMILES string of the molecule is C/C(=C\C=C/N(C=O)c1ccc(F)cc1)C(=O)Nc1ccc(Oc2cccnc2C(Cl)=CN)c(F)c1. The average Bonchev–Trinajstić information content (AvgIpc) is 2.88. The van der Waals surface area contributed by atoms with Crippen LogP contribution in [-0.4, -0.2) is 17.3 Å². The van der Waals surface area contributed by atoms with Gasteiger partial charge in [-0.25, -0.2) is 8.78 Å². The van der Waals surface area contributed by atoms with Gasteiger partial charge in [0.1, 0.15) is 11.5 Å². The van der Waals surface area contributed by atoms with E-state index in [-0.39, 0.29) is 27.9 Å². The highest BCUT2D eigenvalue weighted by molar-refractivity contribution is 6.48. The number of halogens is 3. The zero-order valence-electron chi connectivity index (χ0n) is 19.0. The maximum atomic E-state index is 14.7. The van der Waals surface area contributed by atoms with Crippen molar-refractivity contribution in [1.82, 2.24) is 4.98 Å². The number of hydrogen-bond donors (Lipinski definition) is 2. The van der Waals surface area contributed by atoms with Gasteiger partial charge in [-0.15, -0.1) is 0 Å². The van der Waals surface area contributed by atoms with Crippen molar-refractivity contribution < 1.29 is 23.1 Å². The first-order valence-corrected chi connectivity index (χ1v) is 10.9. The molecule has 2 amide bonds. The summed E-state index contributed by atoms with van der Waals surface area (Å²) in [6.07, 6.45) is 7.57. The number of allylic oxidation sites excluding steroid dienone is 2. The van der Waals surface area contributed by atoms with Gasteiger partial charge in [0.05, 0.1) is 5.03 Å². The van der Waals surface area contributed by atoms with Gasteiger partial charge < -0.3 is 15.8 Å². The molecule has 184 valence electrons. The van der Waals surface area contributed by atoms with Crippen molar-refractivity contribution in [1.29, 1.82) is 0 Å². The van der Waals surface area contributed by atoms with Crippen molar-refractivity contribution in [3.8, 4) is 11.5 Å². The molecule has 36 heavy (non-hydrogen) atoms. The Kier molecular flexibility index (Phi) is 8.90. The van der Waals surface area contributed by atoms with E-state index in [4.69, 9.17) is 22.1 Å². The Hall–Kier alpha value is -4.50. The van der Waals surface area contributed by atoms with Crippen LogP contribution in [0.1, 0.15) is 12.6 Å². The third-order valence-corrected chi connectivity index (χ3v) is 5.05. The maximum Gasteiger partial charge on any atom is 0.251 e. The predicted molar refractivity (Wildman–Crippen MR) is 135 cm³/mol. The van der Waals surface area contributed by atoms with Crippen molar-refractivity contribution in [3.63, 3.8) is 0 Å². The van der Waals surface area contributed by atoms with E-state index in [1.165, 1.54) is 65.8 Å². The van der Waals surface area contributed by atoms with Crippen molar-refractivity contribution in [2.45, 2.75) is 6.92 Å². The second-order valence-corrected chi connectivity index (χ2v) is 7.65. The fourth-order valence-corrected chi connectivity index (χ4v) is 3.03. The molecule has 0 radical (unpaired) electrons. The predicted octanol–water partition coefficient (Wildman–Crippen LogP) is 5.71. The van der Waals surface area contributed by atoms with Crippen LogP contribution in [0.3, 0.4) is 0 Å². The van der Waals surface area contributed by atoms with Crippen LogP contribution in [0, 0.1) is 11.6 Å². The van der Waals surface area contributed by atoms with Gasteiger partial charge in [-0.1, -0.05) is 17.7 Å². The van der Waals surface area contributed by atoms with Crippen LogP contribution in [0.2, 0.25) is 0 Å². The highest BCUT2D eigenvalue weighted by Gasteiger charge is 2.13. The summed E-state index contributed by atoms with van der Waals surface area (Å²) in [5, 5.41) is 2.72. The number of benzene rings is 2. The summed E-state index contributed by atoms with van der Waals surface area (Å²) >= 11 is 6.02. The number of nitrogens with one attached hydrogen (secondary N) is 1. The minimum atomic E-state index is -0.724. The summed E-state index contributed by atoms with van der Waals surface area (Å²) in [6, 6.07) is 12.4. The van der Waals surface area contributed by atoms with Gasteiger partial charge in [-0.2, -0.15) is 0 Å². The van der Waals surface area contributed by atoms with E-state index in [0.29, 0.717) is 17.7 Å². The molecule has 7 nitrogen and oxygen atoms in total. The van der Waals surface area contributed by atoms with E-state index in [0.717, 1.165) is 12.3 Å². The summed E-state index contributed by atoms with van der Waals surface area (Å²) in [5.74, 6) is -1.53. The molecule has 0 bridgehead atoms. The van der Waals surface area contributed by atoms with Gasteiger partial charge in [0.2, 0.25) is 6.41 Å². The van der Waals surface area contributed by atoms with Crippen molar-refractivity contribution in [2.24, 2.45) is 5.73 Å². The molecule has 3 N–H and O–H groups in total. The molecule has 10 heteroatoms. The standard InChI is InChI=1S/C26H21ClF2N4O3/c1-17(4-3-13-33(16-34)20-9-6-18(28)7-10-20)26(35)32-19-8-11-23(22(29)14-19)36-24-5-2-12-31-25(24)21(27)15-30/h2-16H,30H2,1H3,(H,32,35)/b13-3-,17-4+,21-15?. The molecule has 3 aromatic rings. The first-order valence-electron chi connectivity index (χ1n) is 10.5. The zero-order chi connectivity index (χ0) is 26.1. The van der Waals surface area contributed by atoms with Crippen LogP contribution >= 0.6 is 11.6 Å². The van der Waals surface area contributed by atoms with E-state index in [9.17, 15) is 18.4 Å². The molecule has 0 aliphatic rings. The van der Waals surface area contributed by atoms with Gasteiger partial charge >= 0.3 is 0 Å². The zero-order valence-corrected chi connectivity index (χ0v) is 19.7. The first-order chi connectivity index (χ1) is 17.3.